The van der Waals surface area contributed by atoms with Gasteiger partial charge < -0.3 is 0 Å². The van der Waals surface area contributed by atoms with Crippen LogP contribution in [-0.4, -0.2) is 0 Å². The molecule has 206 valence electrons. The molecular weight excluding hydrogens is 642 g/mol. The summed E-state index contributed by atoms with van der Waals surface area (Å²) in [7, 11) is 0. The molecule has 0 aromatic heterocycles. The number of hydrogen-bond donors (Lipinski definition) is 0. The van der Waals surface area contributed by atoms with E-state index >= 15 is 0 Å². The van der Waals surface area contributed by atoms with Gasteiger partial charge in [0, 0.05) is 0 Å². The quantitative estimate of drug-likeness (QED) is 0.0756. The first-order valence-electron chi connectivity index (χ1n) is 11.4. The molecule has 0 fully saturated rings. The fraction of sp³-hybridized carbons (Fsp3) is 0. The molecule has 6 aromatic rings. The van der Waals surface area contributed by atoms with Crippen LogP contribution in [0.1, 0.15) is 0 Å². The predicted octanol–water partition coefficient (Wildman–Crippen LogP) is 9.84. The van der Waals surface area contributed by atoms with Crippen LogP contribution in [0.5, 0.6) is 0 Å². The molecule has 0 saturated heterocycles. The Morgan fingerprint density at radius 1 is 0.341 bits per heavy atom. The zero-order chi connectivity index (χ0) is 28.9. The topological polar surface area (TPSA) is 0 Å². The van der Waals surface area contributed by atoms with E-state index in [-0.39, 0.29) is 37.3 Å². The SMILES string of the molecule is Fc1c(F)c(F)c(-[c-]2ccc3ccccc32)c(F)c1F.Fc1c(F)c(F)c(-[c-]2ccc3ccccc32)c(F)c1F.[Zr+2]. The fourth-order valence-electron chi connectivity index (χ4n) is 4.42. The first-order valence-corrected chi connectivity index (χ1v) is 11.4. The van der Waals surface area contributed by atoms with Crippen LogP contribution in [0, 0.1) is 58.2 Å². The summed E-state index contributed by atoms with van der Waals surface area (Å²) in [5.74, 6) is -19.4. The third-order valence-corrected chi connectivity index (χ3v) is 6.32. The van der Waals surface area contributed by atoms with E-state index in [1.165, 1.54) is 12.1 Å². The van der Waals surface area contributed by atoms with Gasteiger partial charge >= 0.3 is 26.2 Å². The second-order valence-electron chi connectivity index (χ2n) is 8.56. The maximum atomic E-state index is 13.8. The summed E-state index contributed by atoms with van der Waals surface area (Å²) in [6.07, 6.45) is 0. The molecule has 0 aliphatic heterocycles. The molecule has 0 unspecified atom stereocenters. The molecule has 0 radical (unpaired) electrons. The van der Waals surface area contributed by atoms with Gasteiger partial charge in [-0.2, -0.15) is 0 Å². The minimum absolute atomic E-state index is 0. The number of hydrogen-bond acceptors (Lipinski definition) is 0. The van der Waals surface area contributed by atoms with Gasteiger partial charge in [0.2, 0.25) is 0 Å². The smallest absolute Gasteiger partial charge is 0.242 e. The van der Waals surface area contributed by atoms with Gasteiger partial charge in [0.25, 0.3) is 0 Å². The largest absolute Gasteiger partial charge is 2.00 e. The van der Waals surface area contributed by atoms with E-state index < -0.39 is 69.3 Å². The van der Waals surface area contributed by atoms with Crippen LogP contribution < -0.4 is 0 Å². The van der Waals surface area contributed by atoms with Crippen molar-refractivity contribution in [2.75, 3.05) is 0 Å². The minimum atomic E-state index is -2.15. The van der Waals surface area contributed by atoms with Crippen molar-refractivity contribution < 1.29 is 70.1 Å². The van der Waals surface area contributed by atoms with Crippen LogP contribution in [0.25, 0.3) is 43.8 Å². The van der Waals surface area contributed by atoms with E-state index in [1.807, 2.05) is 0 Å². The second-order valence-corrected chi connectivity index (χ2v) is 8.56. The molecule has 0 spiro atoms. The van der Waals surface area contributed by atoms with Gasteiger partial charge in [-0.3, -0.25) is 0 Å². The molecule has 6 aromatic carbocycles. The monoisotopic (exact) mass is 652 g/mol. The van der Waals surface area contributed by atoms with E-state index in [0.717, 1.165) is 0 Å². The third kappa shape index (κ3) is 5.01. The molecule has 0 heterocycles. The average molecular weight is 654 g/mol. The molecule has 0 N–H and O–H groups in total. The van der Waals surface area contributed by atoms with Crippen molar-refractivity contribution in [3.8, 4) is 22.3 Å². The summed E-state index contributed by atoms with van der Waals surface area (Å²) < 4.78 is 134. The summed E-state index contributed by atoms with van der Waals surface area (Å²) in [5.41, 5.74) is -1.84. The standard InChI is InChI=1S/2C15H6F5.Zr/c2*16-11-10(12(17)14(19)15(20)13(11)18)9-6-5-7-3-1-2-4-8(7)9;/h2*1-6H;/q2*-1;+2. The van der Waals surface area contributed by atoms with Gasteiger partial charge in [-0.15, -0.1) is 36.4 Å². The molecule has 0 atom stereocenters. The Labute approximate surface area is 244 Å². The predicted molar refractivity (Wildman–Crippen MR) is 130 cm³/mol. The first-order chi connectivity index (χ1) is 19.0. The third-order valence-electron chi connectivity index (χ3n) is 6.32. The molecular formula is C30H12F10Zr. The maximum Gasteiger partial charge on any atom is 2.00 e. The van der Waals surface area contributed by atoms with E-state index in [0.29, 0.717) is 21.5 Å². The molecule has 11 heteroatoms. The van der Waals surface area contributed by atoms with Crippen molar-refractivity contribution in [3.63, 3.8) is 0 Å². The Hall–Kier alpha value is -3.72. The zero-order valence-corrected chi connectivity index (χ0v) is 22.7. The summed E-state index contributed by atoms with van der Waals surface area (Å²) in [5, 5.41) is 2.17. The molecule has 6 rings (SSSR count). The van der Waals surface area contributed by atoms with Crippen molar-refractivity contribution in [1.29, 1.82) is 0 Å². The number of rotatable bonds is 2. The Bertz CT molecular complexity index is 1720. The zero-order valence-electron chi connectivity index (χ0n) is 20.2. The molecule has 0 aliphatic rings. The fourth-order valence-corrected chi connectivity index (χ4v) is 4.42. The normalized spacial score (nSPS) is 11.0. The van der Waals surface area contributed by atoms with Gasteiger partial charge in [-0.1, -0.05) is 69.1 Å². The summed E-state index contributed by atoms with van der Waals surface area (Å²) in [6, 6.07) is 18.9. The molecule has 0 nitrogen and oxygen atoms in total. The van der Waals surface area contributed by atoms with Gasteiger partial charge in [-0.05, 0) is 11.1 Å². The molecule has 0 amide bonds. The van der Waals surface area contributed by atoms with E-state index in [2.05, 4.69) is 0 Å². The number of halogens is 10. The Kier molecular flexibility index (Phi) is 8.59. The van der Waals surface area contributed by atoms with Gasteiger partial charge in [0.1, 0.15) is 23.3 Å². The molecule has 0 aliphatic carbocycles. The summed E-state index contributed by atoms with van der Waals surface area (Å²) in [4.78, 5) is 0. The first kappa shape index (κ1) is 30.2. The number of benzene rings is 4. The Morgan fingerprint density at radius 3 is 0.927 bits per heavy atom. The second kappa shape index (κ2) is 11.6. The van der Waals surface area contributed by atoms with Crippen molar-refractivity contribution in [1.82, 2.24) is 0 Å². The van der Waals surface area contributed by atoms with E-state index in [4.69, 9.17) is 0 Å². The van der Waals surface area contributed by atoms with Crippen LogP contribution >= 0.6 is 0 Å². The average Bonchev–Trinajstić information content (AvgIpc) is 3.58. The Morgan fingerprint density at radius 2 is 0.610 bits per heavy atom. The molecule has 41 heavy (non-hydrogen) atoms. The van der Waals surface area contributed by atoms with Gasteiger partial charge in [0.05, 0.1) is 0 Å². The molecule has 0 saturated carbocycles. The minimum Gasteiger partial charge on any atom is -0.242 e. The molecule has 0 bridgehead atoms. The van der Waals surface area contributed by atoms with Crippen LogP contribution in [0.4, 0.5) is 43.9 Å². The van der Waals surface area contributed by atoms with Gasteiger partial charge in [-0.25, -0.2) is 43.9 Å². The van der Waals surface area contributed by atoms with E-state index in [1.54, 1.807) is 60.7 Å². The van der Waals surface area contributed by atoms with Crippen LogP contribution in [0.3, 0.4) is 0 Å². The van der Waals surface area contributed by atoms with Crippen molar-refractivity contribution in [2.45, 2.75) is 0 Å². The van der Waals surface area contributed by atoms with E-state index in [9.17, 15) is 43.9 Å². The number of fused-ring (bicyclic) bond motifs is 2. The summed E-state index contributed by atoms with van der Waals surface area (Å²) in [6.45, 7) is 0. The maximum absolute atomic E-state index is 13.8. The van der Waals surface area contributed by atoms with Crippen LogP contribution in [0.2, 0.25) is 0 Å². The summed E-state index contributed by atoms with van der Waals surface area (Å²) >= 11 is 0. The van der Waals surface area contributed by atoms with Crippen molar-refractivity contribution in [2.24, 2.45) is 0 Å². The van der Waals surface area contributed by atoms with Crippen LogP contribution in [0.15, 0.2) is 72.8 Å². The van der Waals surface area contributed by atoms with Crippen molar-refractivity contribution in [3.05, 3.63) is 131 Å². The van der Waals surface area contributed by atoms with Crippen molar-refractivity contribution >= 4 is 21.5 Å². The van der Waals surface area contributed by atoms with Gasteiger partial charge in [0.15, 0.2) is 34.9 Å². The Balaban J connectivity index is 0.000000184. The van der Waals surface area contributed by atoms with Crippen LogP contribution in [-0.2, 0) is 26.2 Å².